The van der Waals surface area contributed by atoms with Crippen LogP contribution in [0.25, 0.3) is 0 Å². The summed E-state index contributed by atoms with van der Waals surface area (Å²) in [6.45, 7) is 2.20. The molecule has 0 atom stereocenters. The van der Waals surface area contributed by atoms with Crippen molar-refractivity contribution in [2.45, 2.75) is 13.5 Å². The fourth-order valence-electron chi connectivity index (χ4n) is 2.08. The number of carbonyl (C=O) groups is 1. The summed E-state index contributed by atoms with van der Waals surface area (Å²) in [5, 5.41) is 0. The monoisotopic (exact) mass is 287 g/mol. The molecule has 3 nitrogen and oxygen atoms in total. The summed E-state index contributed by atoms with van der Waals surface area (Å²) >= 11 is 0. The van der Waals surface area contributed by atoms with E-state index in [0.29, 0.717) is 6.54 Å². The van der Waals surface area contributed by atoms with Gasteiger partial charge in [0.25, 0.3) is 5.91 Å². The van der Waals surface area contributed by atoms with Crippen LogP contribution in [0.3, 0.4) is 0 Å². The summed E-state index contributed by atoms with van der Waals surface area (Å²) in [5.41, 5.74) is 1.85. The van der Waals surface area contributed by atoms with Crippen molar-refractivity contribution in [1.29, 1.82) is 0 Å². The van der Waals surface area contributed by atoms with E-state index in [1.807, 2.05) is 24.3 Å². The molecule has 0 aliphatic heterocycles. The molecular weight excluding hydrogens is 269 g/mol. The molecule has 0 heterocycles. The van der Waals surface area contributed by atoms with Gasteiger partial charge in [0.1, 0.15) is 11.6 Å². The summed E-state index contributed by atoms with van der Waals surface area (Å²) in [7, 11) is 3.26. The van der Waals surface area contributed by atoms with Crippen molar-refractivity contribution in [3.8, 4) is 5.75 Å². The van der Waals surface area contributed by atoms with Gasteiger partial charge >= 0.3 is 0 Å². The smallest absolute Gasteiger partial charge is 0.256 e. The Hall–Kier alpha value is -2.36. The number of rotatable bonds is 4. The average molecular weight is 287 g/mol. The maximum atomic E-state index is 13.8. The molecule has 0 aromatic heterocycles. The topological polar surface area (TPSA) is 29.5 Å². The molecule has 2 aromatic carbocycles. The van der Waals surface area contributed by atoms with Crippen LogP contribution in [0.4, 0.5) is 4.39 Å². The number of hydrogen-bond donors (Lipinski definition) is 0. The van der Waals surface area contributed by atoms with Crippen molar-refractivity contribution < 1.29 is 13.9 Å². The molecule has 0 saturated heterocycles. The number of amides is 1. The molecular formula is C17H18FNO2. The second-order valence-electron chi connectivity index (χ2n) is 4.99. The van der Waals surface area contributed by atoms with Gasteiger partial charge in [-0.15, -0.1) is 0 Å². The van der Waals surface area contributed by atoms with Crippen molar-refractivity contribution in [3.63, 3.8) is 0 Å². The highest BCUT2D eigenvalue weighted by Crippen LogP contribution is 2.16. The average Bonchev–Trinajstić information content (AvgIpc) is 2.47. The molecule has 0 saturated carbocycles. The van der Waals surface area contributed by atoms with Gasteiger partial charge in [-0.2, -0.15) is 0 Å². The first kappa shape index (κ1) is 15.0. The standard InChI is InChI=1S/C17H18FNO2/c1-12-4-9-15(16(18)10-12)17(20)19(2)11-13-5-7-14(21-3)8-6-13/h4-10H,11H2,1-3H3. The lowest BCUT2D eigenvalue weighted by Gasteiger charge is -2.18. The molecule has 0 aliphatic carbocycles. The summed E-state index contributed by atoms with van der Waals surface area (Å²) in [6, 6.07) is 12.1. The van der Waals surface area contributed by atoms with E-state index in [2.05, 4.69) is 0 Å². The van der Waals surface area contributed by atoms with Crippen molar-refractivity contribution in [1.82, 2.24) is 4.90 Å². The number of carbonyl (C=O) groups excluding carboxylic acids is 1. The first-order valence-electron chi connectivity index (χ1n) is 6.66. The minimum absolute atomic E-state index is 0.0941. The minimum Gasteiger partial charge on any atom is -0.497 e. The molecule has 4 heteroatoms. The molecule has 1 amide bonds. The lowest BCUT2D eigenvalue weighted by atomic mass is 10.1. The van der Waals surface area contributed by atoms with Crippen LogP contribution < -0.4 is 4.74 Å². The Morgan fingerprint density at radius 2 is 1.86 bits per heavy atom. The van der Waals surface area contributed by atoms with E-state index in [-0.39, 0.29) is 11.5 Å². The number of benzene rings is 2. The maximum absolute atomic E-state index is 13.8. The molecule has 2 rings (SSSR count). The second-order valence-corrected chi connectivity index (χ2v) is 4.99. The van der Waals surface area contributed by atoms with Gasteiger partial charge in [0.05, 0.1) is 12.7 Å². The number of nitrogens with zero attached hydrogens (tertiary/aromatic N) is 1. The van der Waals surface area contributed by atoms with Gasteiger partial charge in [-0.25, -0.2) is 4.39 Å². The lowest BCUT2D eigenvalue weighted by molar-refractivity contribution is 0.0780. The minimum atomic E-state index is -0.485. The Balaban J connectivity index is 2.11. The van der Waals surface area contributed by atoms with E-state index in [9.17, 15) is 9.18 Å². The van der Waals surface area contributed by atoms with Gasteiger partial charge in [0, 0.05) is 13.6 Å². The van der Waals surface area contributed by atoms with Crippen LogP contribution in [-0.4, -0.2) is 25.0 Å². The van der Waals surface area contributed by atoms with Crippen molar-refractivity contribution in [2.75, 3.05) is 14.2 Å². The van der Waals surface area contributed by atoms with Crippen LogP contribution >= 0.6 is 0 Å². The Morgan fingerprint density at radius 3 is 2.43 bits per heavy atom. The molecule has 0 spiro atoms. The van der Waals surface area contributed by atoms with E-state index in [0.717, 1.165) is 16.9 Å². The van der Waals surface area contributed by atoms with Gasteiger partial charge in [-0.05, 0) is 42.3 Å². The Kier molecular flexibility index (Phi) is 4.58. The van der Waals surface area contributed by atoms with Crippen LogP contribution in [-0.2, 0) is 6.54 Å². The molecule has 2 aromatic rings. The Labute approximate surface area is 124 Å². The molecule has 0 bridgehead atoms. The first-order chi connectivity index (χ1) is 10.0. The highest BCUT2D eigenvalue weighted by molar-refractivity contribution is 5.94. The predicted octanol–water partition coefficient (Wildman–Crippen LogP) is 3.41. The fraction of sp³-hybridized carbons (Fsp3) is 0.235. The largest absolute Gasteiger partial charge is 0.497 e. The van der Waals surface area contributed by atoms with Crippen molar-refractivity contribution in [2.24, 2.45) is 0 Å². The molecule has 21 heavy (non-hydrogen) atoms. The van der Waals surface area contributed by atoms with Gasteiger partial charge in [0.15, 0.2) is 0 Å². The third-order valence-electron chi connectivity index (χ3n) is 3.28. The number of methoxy groups -OCH3 is 1. The summed E-state index contributed by atoms with van der Waals surface area (Å²) < 4.78 is 18.9. The van der Waals surface area contributed by atoms with E-state index in [1.54, 1.807) is 27.1 Å². The SMILES string of the molecule is COc1ccc(CN(C)C(=O)c2ccc(C)cc2F)cc1. The molecule has 0 N–H and O–H groups in total. The van der Waals surface area contributed by atoms with Gasteiger partial charge in [-0.3, -0.25) is 4.79 Å². The first-order valence-corrected chi connectivity index (χ1v) is 6.66. The van der Waals surface area contributed by atoms with Gasteiger partial charge in [0.2, 0.25) is 0 Å². The third-order valence-corrected chi connectivity index (χ3v) is 3.28. The molecule has 0 fully saturated rings. The zero-order valence-corrected chi connectivity index (χ0v) is 12.4. The van der Waals surface area contributed by atoms with Gasteiger partial charge in [-0.1, -0.05) is 18.2 Å². The van der Waals surface area contributed by atoms with Gasteiger partial charge < -0.3 is 9.64 Å². The Morgan fingerprint density at radius 1 is 1.19 bits per heavy atom. The summed E-state index contributed by atoms with van der Waals surface area (Å²) in [5.74, 6) is -0.0535. The number of ether oxygens (including phenoxy) is 1. The zero-order valence-electron chi connectivity index (χ0n) is 12.4. The molecule has 0 aliphatic rings. The van der Waals surface area contributed by atoms with E-state index in [4.69, 9.17) is 4.74 Å². The fourth-order valence-corrected chi connectivity index (χ4v) is 2.08. The van der Waals surface area contributed by atoms with Crippen molar-refractivity contribution in [3.05, 3.63) is 65.0 Å². The van der Waals surface area contributed by atoms with Crippen molar-refractivity contribution >= 4 is 5.91 Å². The molecule has 0 radical (unpaired) electrons. The third kappa shape index (κ3) is 3.60. The highest BCUT2D eigenvalue weighted by atomic mass is 19.1. The number of hydrogen-bond acceptors (Lipinski definition) is 2. The van der Waals surface area contributed by atoms with E-state index >= 15 is 0 Å². The zero-order chi connectivity index (χ0) is 15.4. The number of aryl methyl sites for hydroxylation is 1. The van der Waals surface area contributed by atoms with E-state index in [1.165, 1.54) is 17.0 Å². The molecule has 110 valence electrons. The molecule has 0 unspecified atom stereocenters. The summed E-state index contributed by atoms with van der Waals surface area (Å²) in [6.07, 6.45) is 0. The summed E-state index contributed by atoms with van der Waals surface area (Å²) in [4.78, 5) is 13.8. The predicted molar refractivity (Wildman–Crippen MR) is 79.9 cm³/mol. The van der Waals surface area contributed by atoms with Crippen LogP contribution in [0.15, 0.2) is 42.5 Å². The Bertz CT molecular complexity index is 638. The van der Waals surface area contributed by atoms with E-state index < -0.39 is 5.82 Å². The lowest BCUT2D eigenvalue weighted by Crippen LogP contribution is -2.27. The highest BCUT2D eigenvalue weighted by Gasteiger charge is 2.16. The number of halogens is 1. The normalized spacial score (nSPS) is 10.3. The van der Waals surface area contributed by atoms with Crippen LogP contribution in [0.2, 0.25) is 0 Å². The van der Waals surface area contributed by atoms with Crippen LogP contribution in [0, 0.1) is 12.7 Å². The van der Waals surface area contributed by atoms with Crippen LogP contribution in [0.1, 0.15) is 21.5 Å². The van der Waals surface area contributed by atoms with Crippen LogP contribution in [0.5, 0.6) is 5.75 Å². The maximum Gasteiger partial charge on any atom is 0.256 e. The second kappa shape index (κ2) is 6.39. The quantitative estimate of drug-likeness (QED) is 0.862.